The van der Waals surface area contributed by atoms with Crippen molar-refractivity contribution < 1.29 is 8.42 Å². The number of rotatable bonds is 4. The molecule has 9 heteroatoms. The van der Waals surface area contributed by atoms with Crippen LogP contribution in [0.1, 0.15) is 20.3 Å². The molecule has 0 aliphatic carbocycles. The zero-order valence-electron chi connectivity index (χ0n) is 11.7. The largest absolute Gasteiger partial charge is 0.330 e. The Hall–Kier alpha value is -1.92. The first kappa shape index (κ1) is 16.1. The Balaban J connectivity index is 3.51. The lowest BCUT2D eigenvalue weighted by Gasteiger charge is -2.21. The van der Waals surface area contributed by atoms with Gasteiger partial charge in [0.15, 0.2) is 4.90 Å². The van der Waals surface area contributed by atoms with E-state index in [4.69, 9.17) is 5.26 Å². The van der Waals surface area contributed by atoms with Gasteiger partial charge in [0.05, 0.1) is 6.07 Å². The maximum absolute atomic E-state index is 12.2. The van der Waals surface area contributed by atoms with E-state index >= 15 is 0 Å². The SMILES string of the molecule is CCC(C)(C#N)NS(=O)(=O)c1cn(C)c(=O)n(C)c1=O. The molecule has 0 aliphatic rings. The molecule has 0 aromatic carbocycles. The molecule has 8 nitrogen and oxygen atoms in total. The van der Waals surface area contributed by atoms with Crippen molar-refractivity contribution in [1.29, 1.82) is 5.26 Å². The number of hydrogen-bond donors (Lipinski definition) is 1. The third kappa shape index (κ3) is 2.81. The van der Waals surface area contributed by atoms with Gasteiger partial charge < -0.3 is 4.57 Å². The number of hydrogen-bond acceptors (Lipinski definition) is 5. The summed E-state index contributed by atoms with van der Waals surface area (Å²) in [4.78, 5) is 22.9. The molecule has 0 saturated carbocycles. The number of sulfonamides is 1. The van der Waals surface area contributed by atoms with Crippen molar-refractivity contribution >= 4 is 10.0 Å². The highest BCUT2D eigenvalue weighted by atomic mass is 32.2. The van der Waals surface area contributed by atoms with E-state index in [9.17, 15) is 18.0 Å². The van der Waals surface area contributed by atoms with Crippen LogP contribution in [0.15, 0.2) is 20.7 Å². The molecule has 1 aromatic rings. The van der Waals surface area contributed by atoms with Crippen LogP contribution < -0.4 is 16.0 Å². The van der Waals surface area contributed by atoms with Crippen LogP contribution in [0.5, 0.6) is 0 Å². The molecular weight excluding hydrogens is 284 g/mol. The topological polar surface area (TPSA) is 114 Å². The molecule has 0 aliphatic heterocycles. The van der Waals surface area contributed by atoms with E-state index in [0.717, 1.165) is 10.8 Å². The monoisotopic (exact) mass is 300 g/mol. The maximum atomic E-state index is 12.2. The smallest absolute Gasteiger partial charge is 0.302 e. The summed E-state index contributed by atoms with van der Waals surface area (Å²) in [7, 11) is -1.68. The molecule has 1 atom stereocenters. The second kappa shape index (κ2) is 5.22. The van der Waals surface area contributed by atoms with Crippen LogP contribution in [-0.2, 0) is 24.1 Å². The molecule has 1 aromatic heterocycles. The van der Waals surface area contributed by atoms with Crippen LogP contribution in [0.3, 0.4) is 0 Å². The van der Waals surface area contributed by atoms with E-state index in [1.54, 1.807) is 6.92 Å². The van der Waals surface area contributed by atoms with Gasteiger partial charge in [0.25, 0.3) is 5.56 Å². The Morgan fingerprint density at radius 2 is 1.95 bits per heavy atom. The van der Waals surface area contributed by atoms with Gasteiger partial charge in [-0.25, -0.2) is 13.2 Å². The Bertz CT molecular complexity index is 784. The molecular formula is C11H16N4O4S. The maximum Gasteiger partial charge on any atom is 0.330 e. The number of nitriles is 1. The average molecular weight is 300 g/mol. The lowest BCUT2D eigenvalue weighted by Crippen LogP contribution is -2.47. The molecule has 1 N–H and O–H groups in total. The molecule has 1 heterocycles. The highest BCUT2D eigenvalue weighted by Gasteiger charge is 2.31. The molecule has 20 heavy (non-hydrogen) atoms. The van der Waals surface area contributed by atoms with E-state index in [-0.39, 0.29) is 6.42 Å². The number of aromatic nitrogens is 2. The number of nitrogens with one attached hydrogen (secondary N) is 1. The van der Waals surface area contributed by atoms with Gasteiger partial charge in [0.2, 0.25) is 10.0 Å². The summed E-state index contributed by atoms with van der Waals surface area (Å²) < 4.78 is 28.3. The van der Waals surface area contributed by atoms with Crippen LogP contribution >= 0.6 is 0 Å². The van der Waals surface area contributed by atoms with Crippen molar-refractivity contribution in [2.75, 3.05) is 0 Å². The molecule has 0 saturated heterocycles. The van der Waals surface area contributed by atoms with Crippen LogP contribution in [0.25, 0.3) is 0 Å². The number of nitrogens with zero attached hydrogens (tertiary/aromatic N) is 3. The lowest BCUT2D eigenvalue weighted by molar-refractivity contribution is 0.492. The van der Waals surface area contributed by atoms with E-state index in [2.05, 4.69) is 4.72 Å². The second-order valence-electron chi connectivity index (χ2n) is 4.65. The van der Waals surface area contributed by atoms with E-state index in [1.807, 2.05) is 6.07 Å². The van der Waals surface area contributed by atoms with Crippen LogP contribution in [0, 0.1) is 11.3 Å². The predicted molar refractivity (Wildman–Crippen MR) is 71.6 cm³/mol. The first-order valence-corrected chi connectivity index (χ1v) is 7.28. The van der Waals surface area contributed by atoms with Crippen molar-refractivity contribution in [2.24, 2.45) is 14.1 Å². The number of aryl methyl sites for hydroxylation is 1. The van der Waals surface area contributed by atoms with Crippen molar-refractivity contribution in [3.63, 3.8) is 0 Å². The summed E-state index contributed by atoms with van der Waals surface area (Å²) in [5, 5.41) is 9.00. The Morgan fingerprint density at radius 3 is 2.40 bits per heavy atom. The van der Waals surface area contributed by atoms with Gasteiger partial charge in [0.1, 0.15) is 5.54 Å². The molecule has 1 rings (SSSR count). The average Bonchev–Trinajstić information content (AvgIpc) is 2.39. The van der Waals surface area contributed by atoms with Gasteiger partial charge in [-0.3, -0.25) is 9.36 Å². The third-order valence-electron chi connectivity index (χ3n) is 3.02. The summed E-state index contributed by atoms with van der Waals surface area (Å²) in [6.45, 7) is 3.06. The Labute approximate surface area is 116 Å². The highest BCUT2D eigenvalue weighted by Crippen LogP contribution is 2.12. The fourth-order valence-corrected chi connectivity index (χ4v) is 3.04. The van der Waals surface area contributed by atoms with Gasteiger partial charge >= 0.3 is 5.69 Å². The Morgan fingerprint density at radius 1 is 1.40 bits per heavy atom. The van der Waals surface area contributed by atoms with Crippen molar-refractivity contribution in [3.05, 3.63) is 27.0 Å². The highest BCUT2D eigenvalue weighted by molar-refractivity contribution is 7.89. The van der Waals surface area contributed by atoms with Gasteiger partial charge in [-0.1, -0.05) is 6.92 Å². The molecule has 1 unspecified atom stereocenters. The zero-order chi connectivity index (χ0) is 15.7. The van der Waals surface area contributed by atoms with E-state index in [0.29, 0.717) is 4.57 Å². The minimum Gasteiger partial charge on any atom is -0.302 e. The molecule has 110 valence electrons. The van der Waals surface area contributed by atoms with E-state index in [1.165, 1.54) is 21.0 Å². The van der Waals surface area contributed by atoms with Gasteiger partial charge in [0, 0.05) is 20.3 Å². The van der Waals surface area contributed by atoms with Gasteiger partial charge in [-0.2, -0.15) is 9.98 Å². The lowest BCUT2D eigenvalue weighted by atomic mass is 10.0. The molecule has 0 amide bonds. The van der Waals surface area contributed by atoms with Crippen LogP contribution in [-0.4, -0.2) is 23.1 Å². The first-order chi connectivity index (χ1) is 9.08. The summed E-state index contributed by atoms with van der Waals surface area (Å²) in [5.41, 5.74) is -2.89. The summed E-state index contributed by atoms with van der Waals surface area (Å²) in [6.07, 6.45) is 1.18. The molecule has 0 spiro atoms. The standard InChI is InChI=1S/C11H16N4O4S/c1-5-11(2,7-12)13-20(18,19)8-6-14(3)10(17)15(4)9(8)16/h6,13H,5H2,1-4H3. The summed E-state index contributed by atoms with van der Waals surface area (Å²) in [6, 6.07) is 1.85. The van der Waals surface area contributed by atoms with Gasteiger partial charge in [-0.05, 0) is 13.3 Å². The molecule has 0 bridgehead atoms. The van der Waals surface area contributed by atoms with Crippen LogP contribution in [0.4, 0.5) is 0 Å². The second-order valence-corrected chi connectivity index (χ2v) is 6.30. The van der Waals surface area contributed by atoms with Crippen molar-refractivity contribution in [2.45, 2.75) is 30.7 Å². The fourth-order valence-electron chi connectivity index (χ4n) is 1.48. The summed E-state index contributed by atoms with van der Waals surface area (Å²) in [5.74, 6) is 0. The molecule has 0 fully saturated rings. The predicted octanol–water partition coefficient (Wildman–Crippen LogP) is -0.945. The van der Waals surface area contributed by atoms with Crippen LogP contribution in [0.2, 0.25) is 0 Å². The summed E-state index contributed by atoms with van der Waals surface area (Å²) >= 11 is 0. The third-order valence-corrected chi connectivity index (χ3v) is 4.60. The Kier molecular flexibility index (Phi) is 4.21. The normalized spacial score (nSPS) is 14.6. The van der Waals surface area contributed by atoms with Crippen molar-refractivity contribution in [3.8, 4) is 6.07 Å². The van der Waals surface area contributed by atoms with Gasteiger partial charge in [-0.15, -0.1) is 0 Å². The first-order valence-electron chi connectivity index (χ1n) is 5.80. The zero-order valence-corrected chi connectivity index (χ0v) is 12.5. The fraction of sp³-hybridized carbons (Fsp3) is 0.545. The van der Waals surface area contributed by atoms with E-state index < -0.39 is 31.7 Å². The quantitative estimate of drug-likeness (QED) is 0.770. The minimum absolute atomic E-state index is 0.231. The van der Waals surface area contributed by atoms with Crippen molar-refractivity contribution in [1.82, 2.24) is 13.9 Å². The molecule has 0 radical (unpaired) electrons. The minimum atomic E-state index is -4.20.